The van der Waals surface area contributed by atoms with E-state index >= 15 is 0 Å². The van der Waals surface area contributed by atoms with Gasteiger partial charge in [-0.2, -0.15) is 5.26 Å². The molecule has 1 aliphatic carbocycles. The van der Waals surface area contributed by atoms with Gasteiger partial charge in [0.25, 0.3) is 5.91 Å². The Bertz CT molecular complexity index is 975. The number of hydrogen-bond acceptors (Lipinski definition) is 5. The van der Waals surface area contributed by atoms with Gasteiger partial charge >= 0.3 is 6.03 Å². The molecule has 0 aromatic heterocycles. The van der Waals surface area contributed by atoms with Crippen LogP contribution >= 0.6 is 0 Å². The number of piperidine rings is 1. The predicted molar refractivity (Wildman–Crippen MR) is 122 cm³/mol. The summed E-state index contributed by atoms with van der Waals surface area (Å²) in [5, 5.41) is 15.5. The number of fused-ring (bicyclic) bond motifs is 1. The number of carbonyl (C=O) groups excluding carboxylic acids is 2. The van der Waals surface area contributed by atoms with E-state index in [-0.39, 0.29) is 29.2 Å². The van der Waals surface area contributed by atoms with Gasteiger partial charge in [0, 0.05) is 57.6 Å². The van der Waals surface area contributed by atoms with Crippen LogP contribution in [0, 0.1) is 16.7 Å². The minimum Gasteiger partial charge on any atom is -0.380 e. The predicted octanol–water partition coefficient (Wildman–Crippen LogP) is 2.02. The molecule has 1 unspecified atom stereocenters. The van der Waals surface area contributed by atoms with E-state index in [0.29, 0.717) is 64.2 Å². The molecule has 0 radical (unpaired) electrons. The quantitative estimate of drug-likeness (QED) is 0.681. The molecule has 0 spiro atoms. The van der Waals surface area contributed by atoms with Crippen molar-refractivity contribution in [1.82, 2.24) is 25.3 Å². The van der Waals surface area contributed by atoms with Gasteiger partial charge in [-0.05, 0) is 38.8 Å². The van der Waals surface area contributed by atoms with Crippen LogP contribution in [-0.4, -0.2) is 78.5 Å². The van der Waals surface area contributed by atoms with Crippen molar-refractivity contribution in [3.63, 3.8) is 0 Å². The smallest absolute Gasteiger partial charge is 0.317 e. The van der Waals surface area contributed by atoms with Crippen LogP contribution < -0.4 is 10.6 Å². The number of nitrogens with one attached hydrogen (secondary N) is 2. The van der Waals surface area contributed by atoms with Crippen molar-refractivity contribution >= 4 is 11.9 Å². The highest BCUT2D eigenvalue weighted by Gasteiger charge is 2.37. The number of urea groups is 1. The normalized spacial score (nSPS) is 24.3. The Morgan fingerprint density at radius 3 is 2.52 bits per heavy atom. The van der Waals surface area contributed by atoms with Gasteiger partial charge in [-0.15, -0.1) is 0 Å². The SMILES string of the molecule is CCNC(=O)N1CCN(C(=O)C2=CNC3C=CC(F)=CC3=C2N2CCC(C)(C#N)CC2)CC1. The van der Waals surface area contributed by atoms with Crippen molar-refractivity contribution in [2.24, 2.45) is 5.41 Å². The summed E-state index contributed by atoms with van der Waals surface area (Å²) in [6.07, 6.45) is 7.81. The van der Waals surface area contributed by atoms with Gasteiger partial charge in [0.15, 0.2) is 0 Å². The van der Waals surface area contributed by atoms with Gasteiger partial charge < -0.3 is 25.3 Å². The summed E-state index contributed by atoms with van der Waals surface area (Å²) < 4.78 is 14.2. The van der Waals surface area contributed by atoms with Crippen molar-refractivity contribution in [1.29, 1.82) is 5.26 Å². The Morgan fingerprint density at radius 1 is 1.21 bits per heavy atom. The van der Waals surface area contributed by atoms with E-state index in [1.54, 1.807) is 22.1 Å². The molecule has 3 heterocycles. The topological polar surface area (TPSA) is 91.7 Å². The maximum absolute atomic E-state index is 14.2. The van der Waals surface area contributed by atoms with Crippen molar-refractivity contribution in [2.45, 2.75) is 32.7 Å². The molecule has 4 rings (SSSR count). The zero-order chi connectivity index (χ0) is 23.6. The zero-order valence-corrected chi connectivity index (χ0v) is 19.2. The van der Waals surface area contributed by atoms with Crippen LogP contribution in [0.5, 0.6) is 0 Å². The molecule has 9 heteroatoms. The summed E-state index contributed by atoms with van der Waals surface area (Å²) in [5.41, 5.74) is 1.61. The second kappa shape index (κ2) is 9.30. The highest BCUT2D eigenvalue weighted by molar-refractivity contribution is 5.98. The maximum Gasteiger partial charge on any atom is 0.317 e. The molecule has 4 aliphatic rings. The van der Waals surface area contributed by atoms with Gasteiger partial charge in [0.1, 0.15) is 5.83 Å². The molecule has 2 fully saturated rings. The Hall–Kier alpha value is -3.28. The summed E-state index contributed by atoms with van der Waals surface area (Å²) in [4.78, 5) is 31.3. The fourth-order valence-corrected chi connectivity index (χ4v) is 4.73. The second-order valence-corrected chi connectivity index (χ2v) is 9.17. The van der Waals surface area contributed by atoms with Crippen LogP contribution in [0.25, 0.3) is 0 Å². The van der Waals surface area contributed by atoms with E-state index in [9.17, 15) is 19.2 Å². The van der Waals surface area contributed by atoms with Crippen molar-refractivity contribution in [3.05, 3.63) is 47.1 Å². The van der Waals surface area contributed by atoms with E-state index in [2.05, 4.69) is 21.6 Å². The van der Waals surface area contributed by atoms with Crippen molar-refractivity contribution < 1.29 is 14.0 Å². The summed E-state index contributed by atoms with van der Waals surface area (Å²) in [7, 11) is 0. The van der Waals surface area contributed by atoms with Crippen LogP contribution in [0.4, 0.5) is 9.18 Å². The molecule has 176 valence electrons. The molecular formula is C24H31FN6O2. The number of dihydropyridines is 1. The lowest BCUT2D eigenvalue weighted by Crippen LogP contribution is -2.54. The summed E-state index contributed by atoms with van der Waals surface area (Å²) in [5.74, 6) is -0.473. The average molecular weight is 455 g/mol. The Kier molecular flexibility index (Phi) is 6.45. The van der Waals surface area contributed by atoms with E-state index in [1.807, 2.05) is 13.8 Å². The molecule has 3 aliphatic heterocycles. The van der Waals surface area contributed by atoms with E-state index in [0.717, 1.165) is 11.3 Å². The minimum absolute atomic E-state index is 0.114. The van der Waals surface area contributed by atoms with E-state index in [1.165, 1.54) is 12.2 Å². The van der Waals surface area contributed by atoms with Gasteiger partial charge in [0.05, 0.1) is 28.8 Å². The van der Waals surface area contributed by atoms with Crippen molar-refractivity contribution in [2.75, 3.05) is 45.8 Å². The van der Waals surface area contributed by atoms with Crippen LogP contribution in [-0.2, 0) is 4.79 Å². The van der Waals surface area contributed by atoms with Gasteiger partial charge in [-0.1, -0.05) is 6.08 Å². The highest BCUT2D eigenvalue weighted by atomic mass is 19.1. The number of amides is 3. The highest BCUT2D eigenvalue weighted by Crippen LogP contribution is 2.37. The number of nitrogens with zero attached hydrogens (tertiary/aromatic N) is 4. The molecule has 0 bridgehead atoms. The number of hydrogen-bond donors (Lipinski definition) is 2. The third kappa shape index (κ3) is 4.61. The van der Waals surface area contributed by atoms with Crippen LogP contribution in [0.1, 0.15) is 26.7 Å². The number of rotatable bonds is 3. The number of piperazine rings is 1. The molecule has 0 aromatic rings. The van der Waals surface area contributed by atoms with Gasteiger partial charge in [-0.3, -0.25) is 4.79 Å². The number of nitriles is 1. The summed E-state index contributed by atoms with van der Waals surface area (Å²) in [6.45, 7) is 7.48. The standard InChI is InChI=1S/C24H31FN6O2/c1-3-27-23(33)31-12-10-30(11-13-31)22(32)19-15-28-20-5-4-17(25)14-18(20)21(19)29-8-6-24(2,16-26)7-9-29/h4-5,14-15,20,28H,3,6-13H2,1-2H3,(H,27,33). The number of carbonyl (C=O) groups is 2. The molecule has 2 saturated heterocycles. The average Bonchev–Trinajstić information content (AvgIpc) is 2.84. The molecule has 0 aromatic carbocycles. The fourth-order valence-electron chi connectivity index (χ4n) is 4.73. The largest absolute Gasteiger partial charge is 0.380 e. The molecule has 8 nitrogen and oxygen atoms in total. The Balaban J connectivity index is 1.56. The first-order valence-corrected chi connectivity index (χ1v) is 11.6. The lowest BCUT2D eigenvalue weighted by atomic mass is 9.81. The first-order valence-electron chi connectivity index (χ1n) is 11.6. The third-order valence-electron chi connectivity index (χ3n) is 6.88. The molecule has 3 amide bonds. The molecule has 33 heavy (non-hydrogen) atoms. The minimum atomic E-state index is -0.384. The maximum atomic E-state index is 14.2. The van der Waals surface area contributed by atoms with E-state index in [4.69, 9.17) is 0 Å². The molecule has 1 atom stereocenters. The first kappa shape index (κ1) is 22.9. The van der Waals surface area contributed by atoms with Crippen LogP contribution in [0.3, 0.4) is 0 Å². The summed E-state index contributed by atoms with van der Waals surface area (Å²) in [6, 6.07) is 2.10. The zero-order valence-electron chi connectivity index (χ0n) is 19.2. The molecule has 2 N–H and O–H groups in total. The Labute approximate surface area is 194 Å². The van der Waals surface area contributed by atoms with Crippen LogP contribution in [0.15, 0.2) is 47.1 Å². The third-order valence-corrected chi connectivity index (χ3v) is 6.88. The monoisotopic (exact) mass is 454 g/mol. The number of likely N-dealkylation sites (tertiary alicyclic amines) is 1. The second-order valence-electron chi connectivity index (χ2n) is 9.17. The lowest BCUT2D eigenvalue weighted by Gasteiger charge is -2.42. The lowest BCUT2D eigenvalue weighted by molar-refractivity contribution is -0.128. The van der Waals surface area contributed by atoms with Gasteiger partial charge in [0.2, 0.25) is 0 Å². The fraction of sp³-hybridized carbons (Fsp3) is 0.542. The van der Waals surface area contributed by atoms with Crippen molar-refractivity contribution in [3.8, 4) is 6.07 Å². The van der Waals surface area contributed by atoms with Crippen LogP contribution in [0.2, 0.25) is 0 Å². The number of halogens is 1. The summed E-state index contributed by atoms with van der Waals surface area (Å²) >= 11 is 0. The first-order chi connectivity index (χ1) is 15.8. The van der Waals surface area contributed by atoms with E-state index < -0.39 is 0 Å². The number of allylic oxidation sites excluding steroid dienone is 2. The Morgan fingerprint density at radius 2 is 1.88 bits per heavy atom. The molecular weight excluding hydrogens is 423 g/mol. The van der Waals surface area contributed by atoms with Gasteiger partial charge in [-0.25, -0.2) is 9.18 Å². The molecule has 0 saturated carbocycles.